The predicted molar refractivity (Wildman–Crippen MR) is 79.0 cm³/mol. The van der Waals surface area contributed by atoms with Gasteiger partial charge in [-0.3, -0.25) is 4.79 Å². The van der Waals surface area contributed by atoms with Gasteiger partial charge in [0.2, 0.25) is 0 Å². The molecule has 0 aliphatic carbocycles. The van der Waals surface area contributed by atoms with Crippen molar-refractivity contribution in [2.45, 2.75) is 32.1 Å². The number of hydrogen-bond donors (Lipinski definition) is 1. The first-order valence-corrected chi connectivity index (χ1v) is 7.40. The quantitative estimate of drug-likeness (QED) is 0.759. The van der Waals surface area contributed by atoms with Gasteiger partial charge in [-0.2, -0.15) is 0 Å². The van der Waals surface area contributed by atoms with E-state index in [0.717, 1.165) is 5.56 Å². The molecule has 2 atom stereocenters. The molecule has 0 spiro atoms. The van der Waals surface area contributed by atoms with Crippen LogP contribution in [-0.2, 0) is 30.4 Å². The van der Waals surface area contributed by atoms with E-state index in [-0.39, 0.29) is 25.3 Å². The monoisotopic (exact) mass is 307 g/mol. The minimum atomic E-state index is -0.393. The Kier molecular flexibility index (Phi) is 6.36. The van der Waals surface area contributed by atoms with Crippen molar-refractivity contribution >= 4 is 11.9 Å². The molecule has 0 radical (unpaired) electrons. The first-order valence-electron chi connectivity index (χ1n) is 7.40. The molecule has 2 rings (SSSR count). The highest BCUT2D eigenvalue weighted by Crippen LogP contribution is 2.13. The zero-order valence-electron chi connectivity index (χ0n) is 12.6. The highest BCUT2D eigenvalue weighted by atomic mass is 16.6. The van der Waals surface area contributed by atoms with E-state index >= 15 is 0 Å². The zero-order valence-corrected chi connectivity index (χ0v) is 12.6. The van der Waals surface area contributed by atoms with Crippen molar-refractivity contribution in [2.75, 3.05) is 19.8 Å². The summed E-state index contributed by atoms with van der Waals surface area (Å²) in [7, 11) is 0. The molecule has 1 aliphatic heterocycles. The van der Waals surface area contributed by atoms with Crippen LogP contribution in [0.25, 0.3) is 0 Å². The van der Waals surface area contributed by atoms with Crippen molar-refractivity contribution in [3.8, 4) is 0 Å². The van der Waals surface area contributed by atoms with Gasteiger partial charge < -0.3 is 19.5 Å². The SMILES string of the molecule is CCOC(=O)COC1CNC(C(=O)OCc2ccccc2)C1. The third kappa shape index (κ3) is 5.13. The number of hydrogen-bond acceptors (Lipinski definition) is 6. The van der Waals surface area contributed by atoms with Gasteiger partial charge in [-0.25, -0.2) is 4.79 Å². The van der Waals surface area contributed by atoms with Crippen molar-refractivity contribution in [3.63, 3.8) is 0 Å². The van der Waals surface area contributed by atoms with Crippen molar-refractivity contribution in [1.82, 2.24) is 5.32 Å². The molecule has 0 saturated carbocycles. The van der Waals surface area contributed by atoms with Gasteiger partial charge in [-0.1, -0.05) is 30.3 Å². The molecule has 0 aromatic heterocycles. The van der Waals surface area contributed by atoms with Crippen molar-refractivity contribution in [3.05, 3.63) is 35.9 Å². The van der Waals surface area contributed by atoms with Gasteiger partial charge >= 0.3 is 11.9 Å². The number of rotatable bonds is 7. The predicted octanol–water partition coefficient (Wildman–Crippen LogP) is 1.04. The summed E-state index contributed by atoms with van der Waals surface area (Å²) in [5.41, 5.74) is 0.948. The van der Waals surface area contributed by atoms with Gasteiger partial charge in [0.15, 0.2) is 0 Å². The molecule has 120 valence electrons. The molecule has 1 aliphatic rings. The second-order valence-electron chi connectivity index (χ2n) is 5.03. The van der Waals surface area contributed by atoms with Crippen molar-refractivity contribution in [2.24, 2.45) is 0 Å². The van der Waals surface area contributed by atoms with Gasteiger partial charge in [0.25, 0.3) is 0 Å². The Morgan fingerprint density at radius 2 is 2.00 bits per heavy atom. The number of nitrogens with one attached hydrogen (secondary N) is 1. The number of carbonyl (C=O) groups excluding carboxylic acids is 2. The number of esters is 2. The van der Waals surface area contributed by atoms with Crippen molar-refractivity contribution < 1.29 is 23.8 Å². The largest absolute Gasteiger partial charge is 0.464 e. The summed E-state index contributed by atoms with van der Waals surface area (Å²) in [6.45, 7) is 2.76. The Morgan fingerprint density at radius 1 is 1.23 bits per heavy atom. The highest BCUT2D eigenvalue weighted by Gasteiger charge is 2.31. The van der Waals surface area contributed by atoms with E-state index in [4.69, 9.17) is 14.2 Å². The summed E-state index contributed by atoms with van der Waals surface area (Å²) in [6, 6.07) is 9.12. The molecule has 1 fully saturated rings. The molecule has 0 bridgehead atoms. The summed E-state index contributed by atoms with van der Waals surface area (Å²) in [4.78, 5) is 23.2. The van der Waals surface area contributed by atoms with Crippen LogP contribution in [0.2, 0.25) is 0 Å². The molecule has 1 heterocycles. The van der Waals surface area contributed by atoms with Gasteiger partial charge in [0, 0.05) is 13.0 Å². The Labute approximate surface area is 129 Å². The lowest BCUT2D eigenvalue weighted by Gasteiger charge is -2.11. The maximum atomic E-state index is 12.0. The van der Waals surface area contributed by atoms with Crippen LogP contribution in [-0.4, -0.2) is 43.8 Å². The first-order chi connectivity index (χ1) is 10.7. The molecule has 1 aromatic carbocycles. The average molecular weight is 307 g/mol. The second-order valence-corrected chi connectivity index (χ2v) is 5.03. The lowest BCUT2D eigenvalue weighted by Crippen LogP contribution is -2.32. The van der Waals surface area contributed by atoms with Crippen LogP contribution in [0.3, 0.4) is 0 Å². The Bertz CT molecular complexity index is 491. The maximum absolute atomic E-state index is 12.0. The fourth-order valence-corrected chi connectivity index (χ4v) is 2.23. The van der Waals surface area contributed by atoms with Gasteiger partial charge in [-0.15, -0.1) is 0 Å². The molecule has 1 N–H and O–H groups in total. The summed E-state index contributed by atoms with van der Waals surface area (Å²) in [5.74, 6) is -0.691. The molecule has 1 saturated heterocycles. The number of benzene rings is 1. The molecule has 22 heavy (non-hydrogen) atoms. The summed E-state index contributed by atoms with van der Waals surface area (Å²) in [5, 5.41) is 3.05. The van der Waals surface area contributed by atoms with Crippen LogP contribution < -0.4 is 5.32 Å². The normalized spacial score (nSPS) is 20.6. The van der Waals surface area contributed by atoms with E-state index < -0.39 is 12.0 Å². The van der Waals surface area contributed by atoms with E-state index in [9.17, 15) is 9.59 Å². The Balaban J connectivity index is 1.68. The molecule has 6 heteroatoms. The van der Waals surface area contributed by atoms with Crippen LogP contribution in [0.5, 0.6) is 0 Å². The topological polar surface area (TPSA) is 73.9 Å². The van der Waals surface area contributed by atoms with Gasteiger partial charge in [-0.05, 0) is 12.5 Å². The van der Waals surface area contributed by atoms with Crippen LogP contribution >= 0.6 is 0 Å². The lowest BCUT2D eigenvalue weighted by molar-refractivity contribution is -0.150. The minimum Gasteiger partial charge on any atom is -0.464 e. The fraction of sp³-hybridized carbons (Fsp3) is 0.500. The fourth-order valence-electron chi connectivity index (χ4n) is 2.23. The lowest BCUT2D eigenvalue weighted by atomic mass is 10.2. The van der Waals surface area contributed by atoms with E-state index in [0.29, 0.717) is 19.6 Å². The molecular weight excluding hydrogens is 286 g/mol. The Hall–Kier alpha value is -1.92. The van der Waals surface area contributed by atoms with Crippen LogP contribution in [0.1, 0.15) is 18.9 Å². The van der Waals surface area contributed by atoms with Gasteiger partial charge in [0.05, 0.1) is 12.7 Å². The maximum Gasteiger partial charge on any atom is 0.332 e. The average Bonchev–Trinajstić information content (AvgIpc) is 3.01. The van der Waals surface area contributed by atoms with Gasteiger partial charge in [0.1, 0.15) is 19.3 Å². The summed E-state index contributed by atoms with van der Waals surface area (Å²) >= 11 is 0. The molecule has 6 nitrogen and oxygen atoms in total. The molecular formula is C16H21NO5. The zero-order chi connectivity index (χ0) is 15.8. The van der Waals surface area contributed by atoms with Crippen LogP contribution in [0.4, 0.5) is 0 Å². The second kappa shape index (κ2) is 8.51. The van der Waals surface area contributed by atoms with E-state index in [1.165, 1.54) is 0 Å². The standard InChI is InChI=1S/C16H21NO5/c1-2-20-15(18)11-21-13-8-14(17-9-13)16(19)22-10-12-6-4-3-5-7-12/h3-7,13-14,17H,2,8-11H2,1H3. The van der Waals surface area contributed by atoms with E-state index in [1.54, 1.807) is 6.92 Å². The minimum absolute atomic E-state index is 0.0913. The van der Waals surface area contributed by atoms with Crippen molar-refractivity contribution in [1.29, 1.82) is 0 Å². The Morgan fingerprint density at radius 3 is 2.73 bits per heavy atom. The number of ether oxygens (including phenoxy) is 3. The smallest absolute Gasteiger partial charge is 0.332 e. The highest BCUT2D eigenvalue weighted by molar-refractivity contribution is 5.76. The van der Waals surface area contributed by atoms with Crippen LogP contribution in [0, 0.1) is 0 Å². The molecule has 2 unspecified atom stereocenters. The van der Waals surface area contributed by atoms with E-state index in [1.807, 2.05) is 30.3 Å². The third-order valence-electron chi connectivity index (χ3n) is 3.34. The molecule has 1 aromatic rings. The number of carbonyl (C=O) groups is 2. The van der Waals surface area contributed by atoms with Crippen LogP contribution in [0.15, 0.2) is 30.3 Å². The summed E-state index contributed by atoms with van der Waals surface area (Å²) < 4.78 is 15.5. The molecule has 0 amide bonds. The third-order valence-corrected chi connectivity index (χ3v) is 3.34. The van der Waals surface area contributed by atoms with E-state index in [2.05, 4.69) is 5.32 Å². The summed E-state index contributed by atoms with van der Waals surface area (Å²) in [6.07, 6.45) is 0.311. The first kappa shape index (κ1) is 16.5.